The third-order valence-corrected chi connectivity index (χ3v) is 3.37. The molecule has 112 valence electrons. The van der Waals surface area contributed by atoms with Crippen molar-refractivity contribution < 1.29 is 9.47 Å². The first-order valence-electron chi connectivity index (χ1n) is 6.73. The number of methoxy groups -OCH3 is 2. The van der Waals surface area contributed by atoms with E-state index in [1.165, 1.54) is 0 Å². The van der Waals surface area contributed by atoms with Crippen LogP contribution in [0.3, 0.4) is 0 Å². The van der Waals surface area contributed by atoms with E-state index >= 15 is 0 Å². The van der Waals surface area contributed by atoms with Crippen LogP contribution in [-0.2, 0) is 0 Å². The van der Waals surface area contributed by atoms with Gasteiger partial charge >= 0.3 is 0 Å². The van der Waals surface area contributed by atoms with E-state index in [2.05, 4.69) is 10.3 Å². The molecular formula is C16H16N4O2. The average Bonchev–Trinajstić information content (AvgIpc) is 2.96. The second-order valence-electron chi connectivity index (χ2n) is 4.64. The monoisotopic (exact) mass is 296 g/mol. The van der Waals surface area contributed by atoms with Gasteiger partial charge in [0.2, 0.25) is 0 Å². The molecule has 0 aliphatic rings. The number of nitrogens with zero attached hydrogens (tertiary/aromatic N) is 3. The number of benzene rings is 2. The van der Waals surface area contributed by atoms with Crippen molar-refractivity contribution in [1.29, 1.82) is 0 Å². The number of nitrogens with two attached hydrogens (primary N) is 1. The van der Waals surface area contributed by atoms with E-state index in [0.29, 0.717) is 23.0 Å². The molecule has 6 nitrogen and oxygen atoms in total. The number of ether oxygens (including phenoxy) is 2. The third-order valence-electron chi connectivity index (χ3n) is 3.37. The molecule has 0 atom stereocenters. The van der Waals surface area contributed by atoms with Gasteiger partial charge in [-0.05, 0) is 30.3 Å². The van der Waals surface area contributed by atoms with E-state index in [9.17, 15) is 0 Å². The molecule has 2 aromatic carbocycles. The van der Waals surface area contributed by atoms with E-state index in [1.54, 1.807) is 18.9 Å². The fourth-order valence-electron chi connectivity index (χ4n) is 2.24. The van der Waals surface area contributed by atoms with Crippen LogP contribution in [0.1, 0.15) is 0 Å². The molecule has 0 unspecified atom stereocenters. The number of hydrogen-bond donors (Lipinski definition) is 1. The standard InChI is InChI=1S/C16H16N4O2/c1-21-12-8-9-14(22-2)13(10-12)15-16(17)20(19-18-15)11-6-4-3-5-7-11/h3-10H,17H2,1-2H3. The first-order valence-corrected chi connectivity index (χ1v) is 6.73. The van der Waals surface area contributed by atoms with Crippen molar-refractivity contribution in [3.8, 4) is 28.4 Å². The summed E-state index contributed by atoms with van der Waals surface area (Å²) < 4.78 is 12.2. The molecule has 3 rings (SSSR count). The Morgan fingerprint density at radius 1 is 1.00 bits per heavy atom. The lowest BCUT2D eigenvalue weighted by molar-refractivity contribution is 0.404. The second-order valence-corrected chi connectivity index (χ2v) is 4.64. The highest BCUT2D eigenvalue weighted by Crippen LogP contribution is 2.35. The second kappa shape index (κ2) is 5.77. The predicted octanol–water partition coefficient (Wildman–Crippen LogP) is 2.53. The molecule has 0 radical (unpaired) electrons. The Morgan fingerprint density at radius 3 is 2.45 bits per heavy atom. The Hall–Kier alpha value is -3.02. The van der Waals surface area contributed by atoms with Crippen molar-refractivity contribution in [2.75, 3.05) is 20.0 Å². The Kier molecular flexibility index (Phi) is 3.65. The number of para-hydroxylation sites is 1. The summed E-state index contributed by atoms with van der Waals surface area (Å²) in [5.74, 6) is 1.80. The zero-order valence-electron chi connectivity index (χ0n) is 12.4. The van der Waals surface area contributed by atoms with Crippen molar-refractivity contribution in [2.24, 2.45) is 0 Å². The van der Waals surface area contributed by atoms with Crippen molar-refractivity contribution in [2.45, 2.75) is 0 Å². The highest BCUT2D eigenvalue weighted by molar-refractivity contribution is 5.77. The van der Waals surface area contributed by atoms with Gasteiger partial charge < -0.3 is 15.2 Å². The van der Waals surface area contributed by atoms with E-state index < -0.39 is 0 Å². The number of anilines is 1. The van der Waals surface area contributed by atoms with Gasteiger partial charge in [0.1, 0.15) is 17.2 Å². The van der Waals surface area contributed by atoms with E-state index in [1.807, 2.05) is 48.5 Å². The Labute approximate surface area is 128 Å². The van der Waals surface area contributed by atoms with Gasteiger partial charge in [-0.3, -0.25) is 0 Å². The maximum Gasteiger partial charge on any atom is 0.156 e. The van der Waals surface area contributed by atoms with Gasteiger partial charge in [-0.1, -0.05) is 23.4 Å². The van der Waals surface area contributed by atoms with Crippen LogP contribution >= 0.6 is 0 Å². The summed E-state index contributed by atoms with van der Waals surface area (Å²) in [6.45, 7) is 0. The molecule has 1 heterocycles. The minimum atomic E-state index is 0.442. The molecule has 6 heteroatoms. The smallest absolute Gasteiger partial charge is 0.156 e. The maximum absolute atomic E-state index is 6.22. The lowest BCUT2D eigenvalue weighted by atomic mass is 10.1. The molecule has 0 aliphatic carbocycles. The fourth-order valence-corrected chi connectivity index (χ4v) is 2.24. The molecule has 22 heavy (non-hydrogen) atoms. The predicted molar refractivity (Wildman–Crippen MR) is 84.3 cm³/mol. The highest BCUT2D eigenvalue weighted by Gasteiger charge is 2.17. The zero-order valence-corrected chi connectivity index (χ0v) is 12.4. The van der Waals surface area contributed by atoms with Crippen molar-refractivity contribution in [3.63, 3.8) is 0 Å². The minimum Gasteiger partial charge on any atom is -0.497 e. The largest absolute Gasteiger partial charge is 0.497 e. The summed E-state index contributed by atoms with van der Waals surface area (Å²) in [5.41, 5.74) is 8.36. The summed E-state index contributed by atoms with van der Waals surface area (Å²) in [4.78, 5) is 0. The first kappa shape index (κ1) is 13.9. The van der Waals surface area contributed by atoms with Gasteiger partial charge in [-0.2, -0.15) is 4.68 Å². The Morgan fingerprint density at radius 2 is 1.77 bits per heavy atom. The van der Waals surface area contributed by atoms with Crippen LogP contribution in [0.25, 0.3) is 16.9 Å². The highest BCUT2D eigenvalue weighted by atomic mass is 16.5. The van der Waals surface area contributed by atoms with Crippen LogP contribution in [0.2, 0.25) is 0 Å². The molecule has 2 N–H and O–H groups in total. The molecule has 0 amide bonds. The number of nitrogen functional groups attached to an aromatic ring is 1. The van der Waals surface area contributed by atoms with E-state index in [-0.39, 0.29) is 0 Å². The van der Waals surface area contributed by atoms with Gasteiger partial charge in [-0.15, -0.1) is 5.10 Å². The Balaban J connectivity index is 2.12. The maximum atomic E-state index is 6.22. The van der Waals surface area contributed by atoms with Crippen LogP contribution in [0.4, 0.5) is 5.82 Å². The van der Waals surface area contributed by atoms with Crippen LogP contribution in [0, 0.1) is 0 Å². The lowest BCUT2D eigenvalue weighted by Gasteiger charge is -2.09. The average molecular weight is 296 g/mol. The molecule has 1 aromatic heterocycles. The SMILES string of the molecule is COc1ccc(OC)c(-c2nnn(-c3ccccc3)c2N)c1. The van der Waals surface area contributed by atoms with E-state index in [4.69, 9.17) is 15.2 Å². The molecule has 0 spiro atoms. The van der Waals surface area contributed by atoms with Crippen molar-refractivity contribution >= 4 is 5.82 Å². The lowest BCUT2D eigenvalue weighted by Crippen LogP contribution is -2.02. The van der Waals surface area contributed by atoms with Gasteiger partial charge in [0.25, 0.3) is 0 Å². The summed E-state index contributed by atoms with van der Waals surface area (Å²) in [5, 5.41) is 8.34. The van der Waals surface area contributed by atoms with E-state index in [0.717, 1.165) is 11.3 Å². The summed E-state index contributed by atoms with van der Waals surface area (Å²) >= 11 is 0. The third kappa shape index (κ3) is 2.35. The van der Waals surface area contributed by atoms with Crippen LogP contribution < -0.4 is 15.2 Å². The minimum absolute atomic E-state index is 0.442. The van der Waals surface area contributed by atoms with Crippen molar-refractivity contribution in [3.05, 3.63) is 48.5 Å². The van der Waals surface area contributed by atoms with Crippen molar-refractivity contribution in [1.82, 2.24) is 15.0 Å². The van der Waals surface area contributed by atoms with Crippen LogP contribution in [0.15, 0.2) is 48.5 Å². The van der Waals surface area contributed by atoms with Gasteiger partial charge in [-0.25, -0.2) is 0 Å². The molecule has 0 saturated carbocycles. The molecule has 0 saturated heterocycles. The number of hydrogen-bond acceptors (Lipinski definition) is 5. The fraction of sp³-hybridized carbons (Fsp3) is 0.125. The topological polar surface area (TPSA) is 75.2 Å². The molecule has 0 bridgehead atoms. The molecular weight excluding hydrogens is 280 g/mol. The normalized spacial score (nSPS) is 10.5. The van der Waals surface area contributed by atoms with Gasteiger partial charge in [0.15, 0.2) is 5.82 Å². The first-order chi connectivity index (χ1) is 10.7. The Bertz CT molecular complexity index is 784. The molecule has 3 aromatic rings. The summed E-state index contributed by atoms with van der Waals surface area (Å²) in [6.07, 6.45) is 0. The number of rotatable bonds is 4. The summed E-state index contributed by atoms with van der Waals surface area (Å²) in [6, 6.07) is 15.1. The van der Waals surface area contributed by atoms with Gasteiger partial charge in [0, 0.05) is 0 Å². The van der Waals surface area contributed by atoms with Crippen LogP contribution in [-0.4, -0.2) is 29.2 Å². The zero-order chi connectivity index (χ0) is 15.5. The van der Waals surface area contributed by atoms with Crippen LogP contribution in [0.5, 0.6) is 11.5 Å². The van der Waals surface area contributed by atoms with Gasteiger partial charge in [0.05, 0.1) is 25.5 Å². The molecule has 0 aliphatic heterocycles. The number of aromatic nitrogens is 3. The quantitative estimate of drug-likeness (QED) is 0.800. The molecule has 0 fully saturated rings. The summed E-state index contributed by atoms with van der Waals surface area (Å²) in [7, 11) is 3.21.